The highest BCUT2D eigenvalue weighted by molar-refractivity contribution is 6.31. The summed E-state index contributed by atoms with van der Waals surface area (Å²) in [5.41, 5.74) is 1.21. The number of methoxy groups -OCH3 is 1. The maximum Gasteiger partial charge on any atom is 0.305 e. The van der Waals surface area contributed by atoms with Crippen LogP contribution in [0.1, 0.15) is 69.6 Å². The van der Waals surface area contributed by atoms with Crippen LogP contribution >= 0.6 is 23.2 Å². The molecule has 1 saturated heterocycles. The molecule has 5 atom stereocenters. The molecule has 1 fully saturated rings. The van der Waals surface area contributed by atoms with Crippen molar-refractivity contribution >= 4 is 34.9 Å². The topological polar surface area (TPSA) is 70.6 Å². The van der Waals surface area contributed by atoms with Gasteiger partial charge >= 0.3 is 5.97 Å². The first kappa shape index (κ1) is 33.2. The van der Waals surface area contributed by atoms with E-state index in [1.54, 1.807) is 24.3 Å². The Balaban J connectivity index is 1.72. The average molecular weight is 634 g/mol. The van der Waals surface area contributed by atoms with E-state index in [1.165, 1.54) is 19.2 Å². The summed E-state index contributed by atoms with van der Waals surface area (Å²) in [6.45, 7) is 8.20. The third-order valence-electron chi connectivity index (χ3n) is 8.45. The number of carbonyl (C=O) groups excluding carboxylic acids is 1. The lowest BCUT2D eigenvalue weighted by Crippen LogP contribution is -2.45. The summed E-state index contributed by atoms with van der Waals surface area (Å²) in [6.07, 6.45) is 1.15. The molecule has 0 aromatic heterocycles. The number of hydrogen-bond donors (Lipinski definition) is 3. The third-order valence-corrected chi connectivity index (χ3v) is 8.98. The Bertz CT molecular complexity index is 1430. The molecule has 4 rings (SSSR count). The maximum absolute atomic E-state index is 15.8. The Morgan fingerprint density at radius 1 is 1.12 bits per heavy atom. The quantitative estimate of drug-likeness (QED) is 0.156. The molecular formula is C34H40Cl2F2N2O3. The van der Waals surface area contributed by atoms with Crippen LogP contribution in [-0.2, 0) is 21.4 Å². The molecule has 232 valence electrons. The first-order valence-corrected chi connectivity index (χ1v) is 15.3. The summed E-state index contributed by atoms with van der Waals surface area (Å²) in [5.74, 6) is -2.05. The van der Waals surface area contributed by atoms with Crippen LogP contribution in [0.4, 0.5) is 14.5 Å². The second-order valence-corrected chi connectivity index (χ2v) is 13.6. The number of aliphatic hydroxyl groups is 1. The van der Waals surface area contributed by atoms with Crippen molar-refractivity contribution in [1.82, 2.24) is 5.32 Å². The standard InChI is InChI=1S/C34H40Cl2F2N2O3/c1-33(2,3)19-27-34(4,24-17-14-21(35)18-26(24)37)29(23-9-7-10-25(36)30(23)38)31(40-27)32(42)39-22-15-12-20(13-16-22)8-6-11-28(41)43-5/h7,9-10,12-18,27,29,31-32,39-40,42H,6,8,11,19H2,1-5H3. The highest BCUT2D eigenvalue weighted by Crippen LogP contribution is 2.53. The van der Waals surface area contributed by atoms with Gasteiger partial charge in [0.1, 0.15) is 17.9 Å². The molecule has 0 radical (unpaired) electrons. The smallest absolute Gasteiger partial charge is 0.305 e. The molecule has 0 spiro atoms. The van der Waals surface area contributed by atoms with E-state index >= 15 is 8.78 Å². The van der Waals surface area contributed by atoms with Gasteiger partial charge < -0.3 is 20.5 Å². The van der Waals surface area contributed by atoms with Crippen LogP contribution in [0.5, 0.6) is 0 Å². The minimum atomic E-state index is -1.17. The Morgan fingerprint density at radius 3 is 2.44 bits per heavy atom. The van der Waals surface area contributed by atoms with Crippen LogP contribution in [0.2, 0.25) is 10.0 Å². The number of rotatable bonds is 10. The van der Waals surface area contributed by atoms with Gasteiger partial charge in [0, 0.05) is 34.5 Å². The van der Waals surface area contributed by atoms with Crippen molar-refractivity contribution < 1.29 is 23.4 Å². The fourth-order valence-corrected chi connectivity index (χ4v) is 6.71. The number of esters is 1. The van der Waals surface area contributed by atoms with E-state index in [4.69, 9.17) is 27.9 Å². The lowest BCUT2D eigenvalue weighted by molar-refractivity contribution is -0.140. The molecule has 5 unspecified atom stereocenters. The number of aliphatic hydroxyl groups excluding tert-OH is 1. The number of ether oxygens (including phenoxy) is 1. The molecule has 0 aliphatic carbocycles. The summed E-state index contributed by atoms with van der Waals surface area (Å²) >= 11 is 12.4. The summed E-state index contributed by atoms with van der Waals surface area (Å²) in [7, 11) is 1.37. The largest absolute Gasteiger partial charge is 0.469 e. The molecule has 1 aliphatic heterocycles. The first-order valence-electron chi connectivity index (χ1n) is 14.5. The van der Waals surface area contributed by atoms with Crippen molar-refractivity contribution in [3.05, 3.63) is 99.0 Å². The van der Waals surface area contributed by atoms with Crippen molar-refractivity contribution in [2.75, 3.05) is 12.4 Å². The van der Waals surface area contributed by atoms with Gasteiger partial charge in [-0.25, -0.2) is 8.78 Å². The van der Waals surface area contributed by atoms with Crippen molar-refractivity contribution in [3.63, 3.8) is 0 Å². The number of halogens is 4. The first-order chi connectivity index (χ1) is 20.2. The highest BCUT2D eigenvalue weighted by atomic mass is 35.5. The predicted molar refractivity (Wildman–Crippen MR) is 169 cm³/mol. The third kappa shape index (κ3) is 7.51. The molecule has 0 bridgehead atoms. The second kappa shape index (κ2) is 13.5. The van der Waals surface area contributed by atoms with Crippen LogP contribution in [0.15, 0.2) is 60.7 Å². The average Bonchev–Trinajstić information content (AvgIpc) is 3.22. The van der Waals surface area contributed by atoms with Gasteiger partial charge in [-0.2, -0.15) is 0 Å². The van der Waals surface area contributed by atoms with E-state index in [2.05, 4.69) is 31.4 Å². The molecular weight excluding hydrogens is 593 g/mol. The van der Waals surface area contributed by atoms with Crippen LogP contribution < -0.4 is 10.6 Å². The number of nitrogens with one attached hydrogen (secondary N) is 2. The van der Waals surface area contributed by atoms with Gasteiger partial charge in [0.25, 0.3) is 0 Å². The number of carbonyl (C=O) groups is 1. The lowest BCUT2D eigenvalue weighted by atomic mass is 9.63. The molecule has 0 saturated carbocycles. The zero-order valence-corrected chi connectivity index (χ0v) is 26.7. The fraction of sp³-hybridized carbons (Fsp3) is 0.441. The van der Waals surface area contributed by atoms with E-state index < -0.39 is 35.2 Å². The Hall–Kier alpha value is -2.71. The monoisotopic (exact) mass is 632 g/mol. The van der Waals surface area contributed by atoms with E-state index in [0.29, 0.717) is 42.5 Å². The van der Waals surface area contributed by atoms with Gasteiger partial charge in [0.15, 0.2) is 0 Å². The summed E-state index contributed by atoms with van der Waals surface area (Å²) < 4.78 is 36.3. The van der Waals surface area contributed by atoms with Crippen molar-refractivity contribution in [2.24, 2.45) is 5.41 Å². The van der Waals surface area contributed by atoms with Crippen LogP contribution in [0.25, 0.3) is 0 Å². The molecule has 0 amide bonds. The van der Waals surface area contributed by atoms with Gasteiger partial charge in [-0.3, -0.25) is 4.79 Å². The van der Waals surface area contributed by atoms with Gasteiger partial charge in [0.05, 0.1) is 18.2 Å². The van der Waals surface area contributed by atoms with E-state index in [1.807, 2.05) is 31.2 Å². The molecule has 43 heavy (non-hydrogen) atoms. The Kier molecular flexibility index (Phi) is 10.4. The second-order valence-electron chi connectivity index (χ2n) is 12.8. The zero-order valence-electron chi connectivity index (χ0n) is 25.2. The summed E-state index contributed by atoms with van der Waals surface area (Å²) in [4.78, 5) is 11.4. The fourth-order valence-electron chi connectivity index (χ4n) is 6.37. The molecule has 3 N–H and O–H groups in total. The lowest BCUT2D eigenvalue weighted by Gasteiger charge is -2.40. The summed E-state index contributed by atoms with van der Waals surface area (Å²) in [6, 6.07) is 15.9. The number of aryl methyl sites for hydroxylation is 1. The van der Waals surface area contributed by atoms with E-state index in [9.17, 15) is 9.90 Å². The normalized spacial score (nSPS) is 22.8. The van der Waals surface area contributed by atoms with Gasteiger partial charge in [-0.05, 0) is 71.7 Å². The van der Waals surface area contributed by atoms with Crippen molar-refractivity contribution in [3.8, 4) is 0 Å². The maximum atomic E-state index is 15.8. The Labute approximate surface area is 262 Å². The van der Waals surface area contributed by atoms with Gasteiger partial charge in [-0.1, -0.05) is 81.2 Å². The minimum Gasteiger partial charge on any atom is -0.469 e. The molecule has 3 aromatic rings. The van der Waals surface area contributed by atoms with Crippen LogP contribution in [0.3, 0.4) is 0 Å². The Morgan fingerprint density at radius 2 is 1.81 bits per heavy atom. The number of anilines is 1. The SMILES string of the molecule is COC(=O)CCCc1ccc(NC(O)C2NC(CC(C)(C)C)C(C)(c3ccc(Cl)cc3F)C2c2cccc(Cl)c2F)cc1. The highest BCUT2D eigenvalue weighted by Gasteiger charge is 2.57. The molecule has 5 nitrogen and oxygen atoms in total. The molecule has 3 aromatic carbocycles. The van der Waals surface area contributed by atoms with Crippen LogP contribution in [-0.4, -0.2) is 36.5 Å². The van der Waals surface area contributed by atoms with E-state index in [0.717, 1.165) is 5.56 Å². The van der Waals surface area contributed by atoms with Crippen molar-refractivity contribution in [2.45, 2.75) is 83.0 Å². The van der Waals surface area contributed by atoms with Gasteiger partial charge in [-0.15, -0.1) is 0 Å². The van der Waals surface area contributed by atoms with E-state index in [-0.39, 0.29) is 27.5 Å². The number of benzene rings is 3. The van der Waals surface area contributed by atoms with Gasteiger partial charge in [0.2, 0.25) is 0 Å². The zero-order chi connectivity index (χ0) is 31.5. The predicted octanol–water partition coefficient (Wildman–Crippen LogP) is 8.02. The number of hydrogen-bond acceptors (Lipinski definition) is 5. The van der Waals surface area contributed by atoms with Crippen molar-refractivity contribution in [1.29, 1.82) is 0 Å². The van der Waals surface area contributed by atoms with Crippen LogP contribution in [0, 0.1) is 17.0 Å². The summed E-state index contributed by atoms with van der Waals surface area (Å²) in [5, 5.41) is 18.7. The molecule has 9 heteroatoms. The molecule has 1 heterocycles. The minimum absolute atomic E-state index is 0.0420. The molecule has 1 aliphatic rings.